The lowest BCUT2D eigenvalue weighted by Gasteiger charge is -2.17. The van der Waals surface area contributed by atoms with Gasteiger partial charge in [-0.2, -0.15) is 0 Å². The maximum Gasteiger partial charge on any atom is 0.0509 e. The molecule has 0 amide bonds. The molecule has 13 heavy (non-hydrogen) atoms. The van der Waals surface area contributed by atoms with Crippen molar-refractivity contribution in [2.24, 2.45) is 17.6 Å². The Morgan fingerprint density at radius 3 is 2.69 bits per heavy atom. The van der Waals surface area contributed by atoms with Crippen LogP contribution in [0.4, 0.5) is 0 Å². The third-order valence-corrected chi connectivity index (χ3v) is 2.89. The van der Waals surface area contributed by atoms with Crippen LogP contribution < -0.4 is 5.73 Å². The summed E-state index contributed by atoms with van der Waals surface area (Å²) < 4.78 is 5.33. The van der Waals surface area contributed by atoms with Crippen molar-refractivity contribution in [2.75, 3.05) is 13.2 Å². The van der Waals surface area contributed by atoms with Gasteiger partial charge < -0.3 is 10.5 Å². The summed E-state index contributed by atoms with van der Waals surface area (Å²) >= 11 is 0. The summed E-state index contributed by atoms with van der Waals surface area (Å²) in [6.45, 7) is 6.35. The number of hydrogen-bond acceptors (Lipinski definition) is 2. The minimum absolute atomic E-state index is 0.376. The molecule has 1 aliphatic heterocycles. The Morgan fingerprint density at radius 1 is 1.38 bits per heavy atom. The monoisotopic (exact) mass is 185 g/mol. The van der Waals surface area contributed by atoms with E-state index in [-0.39, 0.29) is 0 Å². The smallest absolute Gasteiger partial charge is 0.0509 e. The van der Waals surface area contributed by atoms with Gasteiger partial charge >= 0.3 is 0 Å². The molecule has 78 valence electrons. The zero-order valence-electron chi connectivity index (χ0n) is 8.96. The molecule has 1 saturated heterocycles. The van der Waals surface area contributed by atoms with E-state index < -0.39 is 0 Å². The number of hydrogen-bond donors (Lipinski definition) is 1. The molecule has 2 heteroatoms. The number of nitrogens with two attached hydrogens (primary N) is 1. The Kier molecular flexibility index (Phi) is 4.74. The molecule has 2 atom stereocenters. The van der Waals surface area contributed by atoms with E-state index in [1.165, 1.54) is 25.7 Å². The Balaban J connectivity index is 2.06. The van der Waals surface area contributed by atoms with Crippen molar-refractivity contribution in [3.8, 4) is 0 Å². The first-order chi connectivity index (χ1) is 6.20. The summed E-state index contributed by atoms with van der Waals surface area (Å²) in [6.07, 6.45) is 4.92. The minimum atomic E-state index is 0.376. The van der Waals surface area contributed by atoms with E-state index in [1.54, 1.807) is 0 Å². The first kappa shape index (κ1) is 11.0. The molecule has 0 aromatic rings. The van der Waals surface area contributed by atoms with E-state index in [0.29, 0.717) is 12.0 Å². The lowest BCUT2D eigenvalue weighted by atomic mass is 9.94. The maximum absolute atomic E-state index is 6.09. The van der Waals surface area contributed by atoms with Gasteiger partial charge in [-0.25, -0.2) is 0 Å². The van der Waals surface area contributed by atoms with E-state index in [4.69, 9.17) is 10.5 Å². The van der Waals surface area contributed by atoms with Gasteiger partial charge in [0.2, 0.25) is 0 Å². The normalized spacial score (nSPS) is 25.4. The van der Waals surface area contributed by atoms with E-state index in [9.17, 15) is 0 Å². The second kappa shape index (κ2) is 5.61. The first-order valence-corrected chi connectivity index (χ1v) is 5.53. The highest BCUT2D eigenvalue weighted by Gasteiger charge is 2.22. The van der Waals surface area contributed by atoms with Gasteiger partial charge in [0.05, 0.1) is 6.61 Å². The van der Waals surface area contributed by atoms with Gasteiger partial charge in [-0.05, 0) is 24.7 Å². The molecule has 2 N–H and O–H groups in total. The highest BCUT2D eigenvalue weighted by molar-refractivity contribution is 4.76. The van der Waals surface area contributed by atoms with Gasteiger partial charge in [0, 0.05) is 12.6 Å². The van der Waals surface area contributed by atoms with Gasteiger partial charge in [0.15, 0.2) is 0 Å². The molecule has 1 fully saturated rings. The molecule has 0 aliphatic carbocycles. The van der Waals surface area contributed by atoms with Crippen molar-refractivity contribution < 1.29 is 4.74 Å². The van der Waals surface area contributed by atoms with Gasteiger partial charge in [-0.3, -0.25) is 0 Å². The molecule has 2 unspecified atom stereocenters. The molecule has 1 rings (SSSR count). The standard InChI is InChI=1S/C11H23NO/c1-9(2)4-3-5-11(12)10-6-7-13-8-10/h9-11H,3-8,12H2,1-2H3. The maximum atomic E-state index is 6.09. The van der Waals surface area contributed by atoms with Crippen LogP contribution in [0.25, 0.3) is 0 Å². The second-order valence-corrected chi connectivity index (χ2v) is 4.61. The molecule has 2 nitrogen and oxygen atoms in total. The predicted octanol–water partition coefficient (Wildman–Crippen LogP) is 2.18. The molecule has 0 aromatic heterocycles. The van der Waals surface area contributed by atoms with E-state index in [2.05, 4.69) is 13.8 Å². The van der Waals surface area contributed by atoms with Crippen molar-refractivity contribution in [1.29, 1.82) is 0 Å². The van der Waals surface area contributed by atoms with Gasteiger partial charge in [0.25, 0.3) is 0 Å². The quantitative estimate of drug-likeness (QED) is 0.712. The Hall–Kier alpha value is -0.0800. The average molecular weight is 185 g/mol. The van der Waals surface area contributed by atoms with Gasteiger partial charge in [-0.15, -0.1) is 0 Å². The predicted molar refractivity (Wildman–Crippen MR) is 55.6 cm³/mol. The fourth-order valence-electron chi connectivity index (χ4n) is 1.89. The molecular weight excluding hydrogens is 162 g/mol. The summed E-state index contributed by atoms with van der Waals surface area (Å²) in [6, 6.07) is 0.376. The molecule has 0 spiro atoms. The van der Waals surface area contributed by atoms with Crippen LogP contribution in [0, 0.1) is 11.8 Å². The zero-order chi connectivity index (χ0) is 9.68. The topological polar surface area (TPSA) is 35.2 Å². The molecule has 1 aliphatic rings. The van der Waals surface area contributed by atoms with E-state index in [0.717, 1.165) is 19.1 Å². The Bertz CT molecular complexity index is 130. The van der Waals surface area contributed by atoms with Crippen molar-refractivity contribution in [2.45, 2.75) is 45.6 Å². The molecule has 0 bridgehead atoms. The van der Waals surface area contributed by atoms with Crippen LogP contribution in [0.3, 0.4) is 0 Å². The number of ether oxygens (including phenoxy) is 1. The summed E-state index contributed by atoms with van der Waals surface area (Å²) in [5.74, 6) is 1.44. The lowest BCUT2D eigenvalue weighted by molar-refractivity contribution is 0.179. The third kappa shape index (κ3) is 4.10. The van der Waals surface area contributed by atoms with Crippen molar-refractivity contribution in [1.82, 2.24) is 0 Å². The summed E-state index contributed by atoms with van der Waals surface area (Å²) in [7, 11) is 0. The highest BCUT2D eigenvalue weighted by Crippen LogP contribution is 2.19. The molecular formula is C11H23NO. The van der Waals surface area contributed by atoms with Crippen molar-refractivity contribution in [3.63, 3.8) is 0 Å². The third-order valence-electron chi connectivity index (χ3n) is 2.89. The fraction of sp³-hybridized carbons (Fsp3) is 1.00. The van der Waals surface area contributed by atoms with Crippen LogP contribution >= 0.6 is 0 Å². The van der Waals surface area contributed by atoms with Crippen molar-refractivity contribution >= 4 is 0 Å². The molecule has 0 saturated carbocycles. The second-order valence-electron chi connectivity index (χ2n) is 4.61. The van der Waals surface area contributed by atoms with E-state index >= 15 is 0 Å². The largest absolute Gasteiger partial charge is 0.381 e. The summed E-state index contributed by atoms with van der Waals surface area (Å²) in [5.41, 5.74) is 6.09. The van der Waals surface area contributed by atoms with Crippen LogP contribution in [-0.2, 0) is 4.74 Å². The summed E-state index contributed by atoms with van der Waals surface area (Å²) in [5, 5.41) is 0. The van der Waals surface area contributed by atoms with Gasteiger partial charge in [-0.1, -0.05) is 26.7 Å². The zero-order valence-corrected chi connectivity index (χ0v) is 8.96. The van der Waals surface area contributed by atoms with E-state index in [1.807, 2.05) is 0 Å². The molecule has 0 aromatic carbocycles. The minimum Gasteiger partial charge on any atom is -0.381 e. The van der Waals surface area contributed by atoms with Crippen molar-refractivity contribution in [3.05, 3.63) is 0 Å². The Labute approximate surface area is 81.8 Å². The first-order valence-electron chi connectivity index (χ1n) is 5.53. The Morgan fingerprint density at radius 2 is 2.15 bits per heavy atom. The lowest BCUT2D eigenvalue weighted by Crippen LogP contribution is -2.30. The fourth-order valence-corrected chi connectivity index (χ4v) is 1.89. The van der Waals surface area contributed by atoms with Gasteiger partial charge in [0.1, 0.15) is 0 Å². The summed E-state index contributed by atoms with van der Waals surface area (Å²) in [4.78, 5) is 0. The SMILES string of the molecule is CC(C)CCCC(N)C1CCOC1. The number of rotatable bonds is 5. The van der Waals surface area contributed by atoms with Crippen LogP contribution in [0.5, 0.6) is 0 Å². The highest BCUT2D eigenvalue weighted by atomic mass is 16.5. The average Bonchev–Trinajstić information content (AvgIpc) is 2.55. The van der Waals surface area contributed by atoms with Crippen LogP contribution in [0.1, 0.15) is 39.5 Å². The van der Waals surface area contributed by atoms with Crippen LogP contribution in [0.15, 0.2) is 0 Å². The van der Waals surface area contributed by atoms with Crippen LogP contribution in [0.2, 0.25) is 0 Å². The molecule has 0 radical (unpaired) electrons. The molecule has 1 heterocycles. The van der Waals surface area contributed by atoms with Crippen LogP contribution in [-0.4, -0.2) is 19.3 Å².